The van der Waals surface area contributed by atoms with Crippen molar-refractivity contribution >= 4 is 11.8 Å². The average Bonchev–Trinajstić information content (AvgIpc) is 3.40. The predicted octanol–water partition coefficient (Wildman–Crippen LogP) is 1.32. The highest BCUT2D eigenvalue weighted by Gasteiger charge is 2.40. The topological polar surface area (TPSA) is 132 Å². The number of ether oxygens (including phenoxy) is 2. The van der Waals surface area contributed by atoms with Gasteiger partial charge in [-0.1, -0.05) is 36.4 Å². The molecular formula is C24H29N5O4. The van der Waals surface area contributed by atoms with Gasteiger partial charge in [0.25, 0.3) is 5.91 Å². The van der Waals surface area contributed by atoms with Gasteiger partial charge in [-0.2, -0.15) is 0 Å². The molecule has 174 valence electrons. The number of carbonyl (C=O) groups excluding carboxylic acids is 2. The molecule has 0 spiro atoms. The van der Waals surface area contributed by atoms with Crippen molar-refractivity contribution in [2.45, 2.75) is 38.1 Å². The molecule has 0 radical (unpaired) electrons. The summed E-state index contributed by atoms with van der Waals surface area (Å²) in [6, 6.07) is 14.2. The Kier molecular flexibility index (Phi) is 6.52. The number of hydrazine groups is 1. The molecule has 0 aromatic heterocycles. The smallest absolute Gasteiger partial charge is 0.255 e. The van der Waals surface area contributed by atoms with Crippen LogP contribution in [0.15, 0.2) is 59.9 Å². The summed E-state index contributed by atoms with van der Waals surface area (Å²) >= 11 is 0. The lowest BCUT2D eigenvalue weighted by atomic mass is 9.98. The number of carbonyl (C=O) groups is 2. The maximum absolute atomic E-state index is 12.5. The van der Waals surface area contributed by atoms with Gasteiger partial charge in [-0.25, -0.2) is 5.43 Å². The Labute approximate surface area is 192 Å². The van der Waals surface area contributed by atoms with Crippen LogP contribution in [0.4, 0.5) is 0 Å². The second-order valence-corrected chi connectivity index (χ2v) is 8.15. The van der Waals surface area contributed by atoms with E-state index < -0.39 is 11.9 Å². The van der Waals surface area contributed by atoms with Gasteiger partial charge in [0.15, 0.2) is 0 Å². The van der Waals surface area contributed by atoms with Crippen LogP contribution >= 0.6 is 0 Å². The van der Waals surface area contributed by atoms with E-state index in [1.54, 1.807) is 18.2 Å². The van der Waals surface area contributed by atoms with E-state index in [9.17, 15) is 9.59 Å². The summed E-state index contributed by atoms with van der Waals surface area (Å²) in [5.74, 6) is 0.0759. The summed E-state index contributed by atoms with van der Waals surface area (Å²) in [5, 5.41) is 4.71. The molecule has 33 heavy (non-hydrogen) atoms. The van der Waals surface area contributed by atoms with Gasteiger partial charge in [-0.3, -0.25) is 14.6 Å². The van der Waals surface area contributed by atoms with Crippen molar-refractivity contribution in [2.75, 3.05) is 13.7 Å². The van der Waals surface area contributed by atoms with E-state index in [1.165, 1.54) is 7.11 Å². The lowest BCUT2D eigenvalue weighted by molar-refractivity contribution is -0.114. The van der Waals surface area contributed by atoms with Crippen LogP contribution in [0.25, 0.3) is 0 Å². The molecular weight excluding hydrogens is 422 g/mol. The van der Waals surface area contributed by atoms with Gasteiger partial charge in [0.2, 0.25) is 5.91 Å². The monoisotopic (exact) mass is 451 g/mol. The van der Waals surface area contributed by atoms with E-state index in [1.807, 2.05) is 42.3 Å². The number of hydrogen-bond acceptors (Lipinski definition) is 7. The minimum atomic E-state index is -0.563. The first-order valence-electron chi connectivity index (χ1n) is 10.9. The normalized spacial score (nSPS) is 22.5. The molecule has 2 aliphatic rings. The van der Waals surface area contributed by atoms with Crippen LogP contribution in [0, 0.1) is 0 Å². The molecule has 1 fully saturated rings. The summed E-state index contributed by atoms with van der Waals surface area (Å²) in [4.78, 5) is 24.7. The summed E-state index contributed by atoms with van der Waals surface area (Å²) in [7, 11) is 1.53. The van der Waals surface area contributed by atoms with Crippen LogP contribution in [0.2, 0.25) is 0 Å². The van der Waals surface area contributed by atoms with Crippen molar-refractivity contribution in [3.8, 4) is 5.75 Å². The van der Waals surface area contributed by atoms with Crippen molar-refractivity contribution in [2.24, 2.45) is 11.5 Å². The highest BCUT2D eigenvalue weighted by atomic mass is 16.5. The predicted molar refractivity (Wildman–Crippen MR) is 123 cm³/mol. The van der Waals surface area contributed by atoms with E-state index >= 15 is 0 Å². The van der Waals surface area contributed by atoms with Gasteiger partial charge in [-0.05, 0) is 36.6 Å². The quantitative estimate of drug-likeness (QED) is 0.499. The summed E-state index contributed by atoms with van der Waals surface area (Å²) < 4.78 is 10.9. The van der Waals surface area contributed by atoms with E-state index in [4.69, 9.17) is 20.9 Å². The molecule has 1 saturated heterocycles. The fraction of sp³-hybridized carbons (Fsp3) is 0.333. The Morgan fingerprint density at radius 3 is 2.58 bits per heavy atom. The first-order chi connectivity index (χ1) is 15.9. The number of nitrogens with zero attached hydrogens (tertiary/aromatic N) is 1. The maximum atomic E-state index is 12.5. The Balaban J connectivity index is 1.46. The molecule has 3 unspecified atom stereocenters. The van der Waals surface area contributed by atoms with E-state index in [0.29, 0.717) is 35.9 Å². The molecule has 9 nitrogen and oxygen atoms in total. The number of nitrogens with one attached hydrogen (secondary N) is 2. The zero-order valence-corrected chi connectivity index (χ0v) is 18.7. The van der Waals surface area contributed by atoms with Crippen molar-refractivity contribution in [1.82, 2.24) is 15.8 Å². The third-order valence-electron chi connectivity index (χ3n) is 6.14. The number of benzene rings is 2. The van der Waals surface area contributed by atoms with E-state index in [2.05, 4.69) is 10.7 Å². The lowest BCUT2D eigenvalue weighted by Crippen LogP contribution is -2.46. The molecule has 2 aromatic carbocycles. The molecule has 0 aliphatic carbocycles. The van der Waals surface area contributed by atoms with Gasteiger partial charge >= 0.3 is 0 Å². The maximum Gasteiger partial charge on any atom is 0.255 e. The largest absolute Gasteiger partial charge is 0.496 e. The van der Waals surface area contributed by atoms with Gasteiger partial charge in [-0.15, -0.1) is 0 Å². The Bertz CT molecular complexity index is 1070. The van der Waals surface area contributed by atoms with Gasteiger partial charge in [0.1, 0.15) is 11.6 Å². The third-order valence-corrected chi connectivity index (χ3v) is 6.14. The standard InChI is InChI=1S/C24H29N5O4/c1-14-18(11-12-33-14)29-22(25)20(23(26)30)21(28-29)16-9-7-15(8-10-16)13-27-24(31)17-5-3-4-6-19(17)32-2/h3-10,14,18,21,28H,11-13,25H2,1-2H3,(H2,26,30)(H,27,31). The summed E-state index contributed by atoms with van der Waals surface area (Å²) in [6.45, 7) is 2.97. The first kappa shape index (κ1) is 22.6. The van der Waals surface area contributed by atoms with Crippen LogP contribution < -0.4 is 26.9 Å². The highest BCUT2D eigenvalue weighted by Crippen LogP contribution is 2.34. The van der Waals surface area contributed by atoms with Crippen molar-refractivity contribution < 1.29 is 19.1 Å². The molecule has 2 heterocycles. The Morgan fingerprint density at radius 1 is 1.21 bits per heavy atom. The number of hydrogen-bond donors (Lipinski definition) is 4. The molecule has 2 amide bonds. The molecule has 0 saturated carbocycles. The Hall–Kier alpha value is -3.56. The molecule has 2 aromatic rings. The molecule has 3 atom stereocenters. The van der Waals surface area contributed by atoms with E-state index in [0.717, 1.165) is 17.5 Å². The number of methoxy groups -OCH3 is 1. The fourth-order valence-corrected chi connectivity index (χ4v) is 4.33. The van der Waals surface area contributed by atoms with Gasteiger partial charge < -0.3 is 26.3 Å². The van der Waals surface area contributed by atoms with Gasteiger partial charge in [0, 0.05) is 13.2 Å². The fourth-order valence-electron chi connectivity index (χ4n) is 4.33. The number of primary amides is 1. The molecule has 9 heteroatoms. The minimum absolute atomic E-state index is 0.0156. The number of para-hydroxylation sites is 1. The minimum Gasteiger partial charge on any atom is -0.496 e. The molecule has 0 bridgehead atoms. The van der Waals surface area contributed by atoms with Crippen molar-refractivity contribution in [3.63, 3.8) is 0 Å². The van der Waals surface area contributed by atoms with Crippen LogP contribution in [0.1, 0.15) is 40.9 Å². The SMILES string of the molecule is COc1ccccc1C(=O)NCc1ccc(C2NN(C3CCOC3C)C(N)=C2C(N)=O)cc1. The summed E-state index contributed by atoms with van der Waals surface area (Å²) in [6.07, 6.45) is 0.788. The van der Waals surface area contributed by atoms with Crippen molar-refractivity contribution in [3.05, 3.63) is 76.6 Å². The van der Waals surface area contributed by atoms with E-state index in [-0.39, 0.29) is 18.1 Å². The van der Waals surface area contributed by atoms with Crippen LogP contribution in [0.5, 0.6) is 5.75 Å². The zero-order valence-electron chi connectivity index (χ0n) is 18.7. The lowest BCUT2D eigenvalue weighted by Gasteiger charge is -2.30. The molecule has 6 N–H and O–H groups in total. The molecule has 4 rings (SSSR count). The van der Waals surface area contributed by atoms with Crippen LogP contribution in [-0.4, -0.2) is 42.7 Å². The first-order valence-corrected chi connectivity index (χ1v) is 10.9. The Morgan fingerprint density at radius 2 is 1.94 bits per heavy atom. The van der Waals surface area contributed by atoms with Crippen molar-refractivity contribution in [1.29, 1.82) is 0 Å². The zero-order chi connectivity index (χ0) is 23.5. The van der Waals surface area contributed by atoms with Crippen LogP contribution in [0.3, 0.4) is 0 Å². The number of amides is 2. The number of rotatable bonds is 7. The third kappa shape index (κ3) is 4.50. The highest BCUT2D eigenvalue weighted by molar-refractivity contribution is 5.97. The van der Waals surface area contributed by atoms with Gasteiger partial charge in [0.05, 0.1) is 36.4 Å². The average molecular weight is 452 g/mol. The number of nitrogens with two attached hydrogens (primary N) is 2. The second-order valence-electron chi connectivity index (χ2n) is 8.15. The van der Waals surface area contributed by atoms with Crippen LogP contribution in [-0.2, 0) is 16.1 Å². The summed E-state index contributed by atoms with van der Waals surface area (Å²) in [5.41, 5.74) is 17.9. The molecule has 2 aliphatic heterocycles. The second kappa shape index (κ2) is 9.51.